The molecule has 0 amide bonds. The number of alkyl halides is 1. The number of hydrogen-bond donors (Lipinski definition) is 0. The summed E-state index contributed by atoms with van der Waals surface area (Å²) in [6.45, 7) is 3.41. The molecule has 0 aromatic rings. The molecule has 3 aliphatic heterocycles. The number of hydrogen-bond acceptors (Lipinski definition) is 4. The first-order chi connectivity index (χ1) is 6.66. The molecule has 14 heavy (non-hydrogen) atoms. The van der Waals surface area contributed by atoms with E-state index in [1.807, 2.05) is 0 Å². The number of rotatable bonds is 2. The van der Waals surface area contributed by atoms with Crippen LogP contribution in [0.3, 0.4) is 0 Å². The van der Waals surface area contributed by atoms with Crippen LogP contribution in [0.25, 0.3) is 0 Å². The number of carbonyl (C=O) groups is 1. The Balaban J connectivity index is 1.95. The molecule has 4 nitrogen and oxygen atoms in total. The molecule has 76 valence electrons. The highest BCUT2D eigenvalue weighted by Gasteiger charge is 2.74. The molecule has 5 atom stereocenters. The van der Waals surface area contributed by atoms with Gasteiger partial charge >= 0.3 is 5.97 Å². The van der Waals surface area contributed by atoms with Gasteiger partial charge in [0.05, 0.1) is 6.26 Å². The van der Waals surface area contributed by atoms with Crippen molar-refractivity contribution in [2.24, 2.45) is 0 Å². The van der Waals surface area contributed by atoms with E-state index in [1.165, 1.54) is 6.26 Å². The molecular formula is C9H9FO4. The van der Waals surface area contributed by atoms with Crippen LogP contribution in [-0.4, -0.2) is 36.1 Å². The first-order valence-corrected chi connectivity index (χ1v) is 4.48. The average molecular weight is 200 g/mol. The van der Waals surface area contributed by atoms with Crippen LogP contribution < -0.4 is 0 Å². The van der Waals surface area contributed by atoms with E-state index in [4.69, 9.17) is 14.2 Å². The monoisotopic (exact) mass is 200 g/mol. The topological polar surface area (TPSA) is 44.8 Å². The molecule has 0 radical (unpaired) electrons. The molecule has 2 bridgehead atoms. The Hall–Kier alpha value is -1.10. The summed E-state index contributed by atoms with van der Waals surface area (Å²) in [5.74, 6) is -0.815. The van der Waals surface area contributed by atoms with Crippen LogP contribution in [0.4, 0.5) is 4.39 Å². The standard InChI is InChI=1S/C9H9FO4/c1-2-12-5-4-3-9(10)7(13-4)6(5)14-8(9)11/h2,4-7H,1,3H2. The molecule has 5 heteroatoms. The van der Waals surface area contributed by atoms with Gasteiger partial charge in [-0.1, -0.05) is 6.58 Å². The van der Waals surface area contributed by atoms with E-state index in [0.29, 0.717) is 0 Å². The molecule has 5 unspecified atom stereocenters. The van der Waals surface area contributed by atoms with E-state index in [1.54, 1.807) is 0 Å². The lowest BCUT2D eigenvalue weighted by Crippen LogP contribution is -2.45. The number of carbonyl (C=O) groups excluding carboxylic acids is 1. The van der Waals surface area contributed by atoms with Crippen LogP contribution in [0.1, 0.15) is 6.42 Å². The predicted octanol–water partition coefficient (Wildman–Crippen LogP) is 0.320. The largest absolute Gasteiger partial charge is 0.492 e. The van der Waals surface area contributed by atoms with Gasteiger partial charge in [0.2, 0.25) is 5.67 Å². The second-order valence-electron chi connectivity index (χ2n) is 3.80. The summed E-state index contributed by atoms with van der Waals surface area (Å²) in [7, 11) is 0. The van der Waals surface area contributed by atoms with Crippen LogP contribution in [0, 0.1) is 0 Å². The van der Waals surface area contributed by atoms with E-state index in [0.717, 1.165) is 0 Å². The molecule has 3 fully saturated rings. The Bertz CT molecular complexity index is 318. The summed E-state index contributed by atoms with van der Waals surface area (Å²) in [5, 5.41) is 0. The fourth-order valence-corrected chi connectivity index (χ4v) is 2.49. The number of ether oxygens (including phenoxy) is 3. The van der Waals surface area contributed by atoms with Crippen molar-refractivity contribution < 1.29 is 23.4 Å². The zero-order chi connectivity index (χ0) is 9.92. The lowest BCUT2D eigenvalue weighted by molar-refractivity contribution is -0.150. The molecule has 0 N–H and O–H groups in total. The van der Waals surface area contributed by atoms with Crippen molar-refractivity contribution in [2.45, 2.75) is 36.5 Å². The van der Waals surface area contributed by atoms with Gasteiger partial charge in [0.1, 0.15) is 12.2 Å². The minimum Gasteiger partial charge on any atom is -0.492 e. The normalized spacial score (nSPS) is 53.4. The molecule has 3 aliphatic rings. The Labute approximate surface area is 79.6 Å². The molecule has 3 rings (SSSR count). The number of halogens is 1. The highest BCUT2D eigenvalue weighted by Crippen LogP contribution is 2.52. The summed E-state index contributed by atoms with van der Waals surface area (Å²) in [5.41, 5.74) is -1.93. The van der Waals surface area contributed by atoms with Gasteiger partial charge in [0, 0.05) is 6.42 Å². The number of fused-ring (bicyclic) bond motifs is 1. The molecular weight excluding hydrogens is 191 g/mol. The van der Waals surface area contributed by atoms with Crippen molar-refractivity contribution in [1.82, 2.24) is 0 Å². The smallest absolute Gasteiger partial charge is 0.347 e. The fraction of sp³-hybridized carbons (Fsp3) is 0.667. The van der Waals surface area contributed by atoms with Crippen molar-refractivity contribution in [3.8, 4) is 0 Å². The summed E-state index contributed by atoms with van der Waals surface area (Å²) in [4.78, 5) is 11.2. The zero-order valence-electron chi connectivity index (χ0n) is 7.31. The fourth-order valence-electron chi connectivity index (χ4n) is 2.49. The van der Waals surface area contributed by atoms with Crippen LogP contribution in [0.2, 0.25) is 0 Å². The predicted molar refractivity (Wildman–Crippen MR) is 42.1 cm³/mol. The third-order valence-electron chi connectivity index (χ3n) is 3.10. The van der Waals surface area contributed by atoms with Crippen LogP contribution in [0.5, 0.6) is 0 Å². The van der Waals surface area contributed by atoms with Gasteiger partial charge in [-0.3, -0.25) is 0 Å². The van der Waals surface area contributed by atoms with Crippen molar-refractivity contribution in [3.63, 3.8) is 0 Å². The van der Waals surface area contributed by atoms with Crippen molar-refractivity contribution in [3.05, 3.63) is 12.8 Å². The number of esters is 1. The minimum absolute atomic E-state index is 0.0332. The van der Waals surface area contributed by atoms with Gasteiger partial charge in [-0.2, -0.15) is 0 Å². The summed E-state index contributed by atoms with van der Waals surface area (Å²) in [6, 6.07) is 0. The highest BCUT2D eigenvalue weighted by atomic mass is 19.1. The lowest BCUT2D eigenvalue weighted by atomic mass is 9.85. The molecule has 3 heterocycles. The van der Waals surface area contributed by atoms with Gasteiger partial charge in [-0.25, -0.2) is 9.18 Å². The molecule has 0 aliphatic carbocycles. The quantitative estimate of drug-likeness (QED) is 0.475. The molecule has 0 spiro atoms. The minimum atomic E-state index is -1.93. The highest BCUT2D eigenvalue weighted by molar-refractivity contribution is 5.84. The zero-order valence-corrected chi connectivity index (χ0v) is 7.31. The third kappa shape index (κ3) is 0.706. The van der Waals surface area contributed by atoms with E-state index >= 15 is 0 Å². The summed E-state index contributed by atoms with van der Waals surface area (Å²) < 4.78 is 29.3. The van der Waals surface area contributed by atoms with Gasteiger partial charge in [0.15, 0.2) is 12.2 Å². The van der Waals surface area contributed by atoms with Crippen molar-refractivity contribution >= 4 is 5.97 Å². The van der Waals surface area contributed by atoms with E-state index in [2.05, 4.69) is 6.58 Å². The van der Waals surface area contributed by atoms with E-state index in [9.17, 15) is 9.18 Å². The Morgan fingerprint density at radius 1 is 1.71 bits per heavy atom. The van der Waals surface area contributed by atoms with Gasteiger partial charge < -0.3 is 14.2 Å². The first-order valence-electron chi connectivity index (χ1n) is 4.48. The van der Waals surface area contributed by atoms with Gasteiger partial charge in [-0.15, -0.1) is 0 Å². The molecule has 0 aromatic heterocycles. The van der Waals surface area contributed by atoms with Crippen LogP contribution >= 0.6 is 0 Å². The molecule has 0 saturated carbocycles. The molecule has 3 saturated heterocycles. The van der Waals surface area contributed by atoms with Crippen molar-refractivity contribution in [1.29, 1.82) is 0 Å². The third-order valence-corrected chi connectivity index (χ3v) is 3.10. The summed E-state index contributed by atoms with van der Waals surface area (Å²) in [6.07, 6.45) is -0.881. The second kappa shape index (κ2) is 2.28. The lowest BCUT2D eigenvalue weighted by Gasteiger charge is -2.22. The second-order valence-corrected chi connectivity index (χ2v) is 3.80. The summed E-state index contributed by atoms with van der Waals surface area (Å²) >= 11 is 0. The van der Waals surface area contributed by atoms with Gasteiger partial charge in [-0.05, 0) is 0 Å². The molecule has 0 aromatic carbocycles. The average Bonchev–Trinajstić information content (AvgIpc) is 2.67. The maximum atomic E-state index is 13.9. The van der Waals surface area contributed by atoms with E-state index < -0.39 is 29.9 Å². The Morgan fingerprint density at radius 3 is 3.21 bits per heavy atom. The van der Waals surface area contributed by atoms with Gasteiger partial charge in [0.25, 0.3) is 0 Å². The van der Waals surface area contributed by atoms with Crippen LogP contribution in [0.15, 0.2) is 12.8 Å². The Morgan fingerprint density at radius 2 is 2.50 bits per heavy atom. The maximum absolute atomic E-state index is 13.9. The maximum Gasteiger partial charge on any atom is 0.347 e. The van der Waals surface area contributed by atoms with Crippen LogP contribution in [-0.2, 0) is 19.0 Å². The Kier molecular flexibility index (Phi) is 1.34. The van der Waals surface area contributed by atoms with E-state index in [-0.39, 0.29) is 12.5 Å². The van der Waals surface area contributed by atoms with Crippen molar-refractivity contribution in [2.75, 3.05) is 0 Å². The first kappa shape index (κ1) is 8.23. The SMILES string of the molecule is C=COC1C2CC3(F)C(=O)OC1C3O2.